The molecule has 0 radical (unpaired) electrons. The van der Waals surface area contributed by atoms with E-state index in [1.54, 1.807) is 29.5 Å². The molecule has 0 saturated carbocycles. The van der Waals surface area contributed by atoms with Crippen LogP contribution in [-0.2, 0) is 6.42 Å². The molecule has 2 rings (SSSR count). The van der Waals surface area contributed by atoms with Gasteiger partial charge >= 0.3 is 0 Å². The number of amides is 1. The lowest BCUT2D eigenvalue weighted by Gasteiger charge is -2.05. The van der Waals surface area contributed by atoms with Gasteiger partial charge in [0, 0.05) is 16.6 Å². The number of hydrogen-bond donors (Lipinski definition) is 1. The van der Waals surface area contributed by atoms with Crippen molar-refractivity contribution in [1.29, 1.82) is 0 Å². The van der Waals surface area contributed by atoms with Gasteiger partial charge in [-0.1, -0.05) is 11.6 Å². The summed E-state index contributed by atoms with van der Waals surface area (Å²) in [5.74, 6) is -0.0976. The highest BCUT2D eigenvalue weighted by atomic mass is 79.9. The van der Waals surface area contributed by atoms with Crippen molar-refractivity contribution in [3.63, 3.8) is 0 Å². The summed E-state index contributed by atoms with van der Waals surface area (Å²) in [5.41, 5.74) is 1.82. The Balaban J connectivity index is 1.89. The van der Waals surface area contributed by atoms with Crippen LogP contribution < -0.4 is 5.32 Å². The van der Waals surface area contributed by atoms with E-state index in [1.165, 1.54) is 5.56 Å². The summed E-state index contributed by atoms with van der Waals surface area (Å²) in [6.07, 6.45) is 0.847. The van der Waals surface area contributed by atoms with Gasteiger partial charge in [-0.3, -0.25) is 4.79 Å². The van der Waals surface area contributed by atoms with Crippen molar-refractivity contribution in [3.05, 3.63) is 55.6 Å². The summed E-state index contributed by atoms with van der Waals surface area (Å²) < 4.78 is 0.791. The summed E-state index contributed by atoms with van der Waals surface area (Å²) in [6, 6.07) is 7.24. The van der Waals surface area contributed by atoms with E-state index in [2.05, 4.69) is 32.7 Å². The summed E-state index contributed by atoms with van der Waals surface area (Å²) in [6.45, 7) is 0.628. The molecule has 0 unspecified atom stereocenters. The zero-order valence-electron chi connectivity index (χ0n) is 9.45. The zero-order chi connectivity index (χ0) is 13.0. The number of carbonyl (C=O) groups excluding carboxylic acids is 1. The van der Waals surface area contributed by atoms with E-state index in [0.29, 0.717) is 17.1 Å². The van der Waals surface area contributed by atoms with Gasteiger partial charge in [0.05, 0.1) is 5.02 Å². The minimum Gasteiger partial charge on any atom is -0.352 e. The molecule has 0 saturated heterocycles. The van der Waals surface area contributed by atoms with Crippen molar-refractivity contribution in [2.45, 2.75) is 6.42 Å². The van der Waals surface area contributed by atoms with Gasteiger partial charge in [0.25, 0.3) is 5.91 Å². The zero-order valence-corrected chi connectivity index (χ0v) is 12.6. The van der Waals surface area contributed by atoms with Crippen LogP contribution in [0.25, 0.3) is 0 Å². The molecular formula is C13H11BrClNOS. The number of nitrogens with one attached hydrogen (secondary N) is 1. The Labute approximate surface area is 123 Å². The van der Waals surface area contributed by atoms with Gasteiger partial charge in [0.2, 0.25) is 0 Å². The van der Waals surface area contributed by atoms with Crippen LogP contribution in [0.15, 0.2) is 39.5 Å². The van der Waals surface area contributed by atoms with E-state index < -0.39 is 0 Å². The second-order valence-electron chi connectivity index (χ2n) is 3.77. The minimum absolute atomic E-state index is 0.0976. The van der Waals surface area contributed by atoms with E-state index in [-0.39, 0.29) is 5.91 Å². The fraction of sp³-hybridized carbons (Fsp3) is 0.154. The number of hydrogen-bond acceptors (Lipinski definition) is 2. The van der Waals surface area contributed by atoms with Crippen LogP contribution in [0, 0.1) is 0 Å². The molecule has 2 aromatic rings. The largest absolute Gasteiger partial charge is 0.352 e. The molecule has 0 aliphatic rings. The third-order valence-electron chi connectivity index (χ3n) is 2.46. The van der Waals surface area contributed by atoms with Crippen molar-refractivity contribution >= 4 is 44.8 Å². The highest BCUT2D eigenvalue weighted by molar-refractivity contribution is 9.10. The molecular weight excluding hydrogens is 334 g/mol. The van der Waals surface area contributed by atoms with Crippen molar-refractivity contribution in [2.75, 3.05) is 6.54 Å². The molecule has 0 atom stereocenters. The van der Waals surface area contributed by atoms with Gasteiger partial charge in [-0.05, 0) is 62.9 Å². The fourth-order valence-electron chi connectivity index (χ4n) is 1.49. The van der Waals surface area contributed by atoms with Crippen LogP contribution >= 0.6 is 38.9 Å². The Bertz CT molecular complexity index is 542. The highest BCUT2D eigenvalue weighted by Gasteiger charge is 2.07. The number of thiophene rings is 1. The van der Waals surface area contributed by atoms with Crippen LogP contribution in [0.3, 0.4) is 0 Å². The van der Waals surface area contributed by atoms with Crippen molar-refractivity contribution in [3.8, 4) is 0 Å². The fourth-order valence-corrected chi connectivity index (χ4v) is 2.63. The van der Waals surface area contributed by atoms with Crippen molar-refractivity contribution < 1.29 is 4.79 Å². The molecule has 1 amide bonds. The first-order valence-electron chi connectivity index (χ1n) is 5.41. The second kappa shape index (κ2) is 6.36. The normalized spacial score (nSPS) is 10.3. The first-order valence-corrected chi connectivity index (χ1v) is 7.52. The van der Waals surface area contributed by atoms with E-state index >= 15 is 0 Å². The summed E-state index contributed by atoms with van der Waals surface area (Å²) in [7, 11) is 0. The van der Waals surface area contributed by atoms with Crippen molar-refractivity contribution in [2.24, 2.45) is 0 Å². The van der Waals surface area contributed by atoms with Crippen LogP contribution in [-0.4, -0.2) is 12.5 Å². The molecule has 0 bridgehead atoms. The van der Waals surface area contributed by atoms with Gasteiger partial charge < -0.3 is 5.32 Å². The number of rotatable bonds is 4. The Morgan fingerprint density at radius 3 is 2.89 bits per heavy atom. The third kappa shape index (κ3) is 3.57. The molecule has 18 heavy (non-hydrogen) atoms. The SMILES string of the molecule is O=C(NCCc1ccsc1)c1ccc(Br)c(Cl)c1. The lowest BCUT2D eigenvalue weighted by molar-refractivity contribution is 0.0954. The molecule has 0 aliphatic heterocycles. The molecule has 94 valence electrons. The van der Waals surface area contributed by atoms with E-state index in [4.69, 9.17) is 11.6 Å². The third-order valence-corrected chi connectivity index (χ3v) is 4.43. The average molecular weight is 345 g/mol. The Kier molecular flexibility index (Phi) is 4.80. The quantitative estimate of drug-likeness (QED) is 0.887. The topological polar surface area (TPSA) is 29.1 Å². The molecule has 0 aliphatic carbocycles. The number of benzene rings is 1. The van der Waals surface area contributed by atoms with Gasteiger partial charge in [0.1, 0.15) is 0 Å². The molecule has 2 nitrogen and oxygen atoms in total. The first-order chi connectivity index (χ1) is 8.66. The molecule has 1 aromatic carbocycles. The molecule has 0 spiro atoms. The molecule has 1 aromatic heterocycles. The van der Waals surface area contributed by atoms with Crippen LogP contribution in [0.1, 0.15) is 15.9 Å². The highest BCUT2D eigenvalue weighted by Crippen LogP contribution is 2.23. The summed E-state index contributed by atoms with van der Waals surface area (Å²) in [4.78, 5) is 11.9. The maximum absolute atomic E-state index is 11.9. The lowest BCUT2D eigenvalue weighted by atomic mass is 10.2. The smallest absolute Gasteiger partial charge is 0.251 e. The Morgan fingerprint density at radius 1 is 1.39 bits per heavy atom. The van der Waals surface area contributed by atoms with Crippen LogP contribution in [0.4, 0.5) is 0 Å². The number of carbonyl (C=O) groups is 1. The Hall–Kier alpha value is -0.840. The molecule has 0 fully saturated rings. The predicted molar refractivity (Wildman–Crippen MR) is 79.5 cm³/mol. The maximum atomic E-state index is 11.9. The molecule has 5 heteroatoms. The summed E-state index contributed by atoms with van der Waals surface area (Å²) >= 11 is 10.9. The van der Waals surface area contributed by atoms with Gasteiger partial charge in [0.15, 0.2) is 0 Å². The van der Waals surface area contributed by atoms with Gasteiger partial charge in [-0.2, -0.15) is 11.3 Å². The standard InChI is InChI=1S/C13H11BrClNOS/c14-11-2-1-10(7-12(11)15)13(17)16-5-3-9-4-6-18-8-9/h1-2,4,6-8H,3,5H2,(H,16,17). The van der Waals surface area contributed by atoms with Gasteiger partial charge in [-0.15, -0.1) is 0 Å². The Morgan fingerprint density at radius 2 is 2.22 bits per heavy atom. The van der Waals surface area contributed by atoms with Gasteiger partial charge in [-0.25, -0.2) is 0 Å². The average Bonchev–Trinajstić information content (AvgIpc) is 2.85. The predicted octanol–water partition coefficient (Wildman–Crippen LogP) is 4.14. The first kappa shape index (κ1) is 13.6. The van der Waals surface area contributed by atoms with Crippen molar-refractivity contribution in [1.82, 2.24) is 5.32 Å². The lowest BCUT2D eigenvalue weighted by Crippen LogP contribution is -2.25. The van der Waals surface area contributed by atoms with Crippen LogP contribution in [0.2, 0.25) is 5.02 Å². The molecule has 1 N–H and O–H groups in total. The minimum atomic E-state index is -0.0976. The monoisotopic (exact) mass is 343 g/mol. The second-order valence-corrected chi connectivity index (χ2v) is 5.81. The number of halogens is 2. The maximum Gasteiger partial charge on any atom is 0.251 e. The van der Waals surface area contributed by atoms with E-state index in [1.807, 2.05) is 5.38 Å². The van der Waals surface area contributed by atoms with E-state index in [0.717, 1.165) is 10.9 Å². The molecule has 1 heterocycles. The van der Waals surface area contributed by atoms with E-state index in [9.17, 15) is 4.79 Å². The van der Waals surface area contributed by atoms with Crippen LogP contribution in [0.5, 0.6) is 0 Å². The summed E-state index contributed by atoms with van der Waals surface area (Å²) in [5, 5.41) is 7.54.